The van der Waals surface area contributed by atoms with Crippen LogP contribution in [0.1, 0.15) is 0 Å². The van der Waals surface area contributed by atoms with Crippen LogP contribution in [0.15, 0.2) is 352 Å². The predicted molar refractivity (Wildman–Crippen MR) is 464 cm³/mol. The molecule has 0 amide bonds. The average Bonchev–Trinajstić information content (AvgIpc) is 1.58. The fraction of sp³-hybridized carbons (Fsp3) is 0. The van der Waals surface area contributed by atoms with Crippen molar-refractivity contribution in [2.45, 2.75) is 0 Å². The molecule has 0 spiro atoms. The van der Waals surface area contributed by atoms with Crippen molar-refractivity contribution in [1.29, 1.82) is 0 Å². The summed E-state index contributed by atoms with van der Waals surface area (Å²) in [5.41, 5.74) is 21.1. The van der Waals surface area contributed by atoms with Crippen molar-refractivity contribution in [2.75, 3.05) is 0 Å². The molecule has 0 radical (unpaired) electrons. The molecule has 0 aliphatic carbocycles. The largest absolute Gasteiger partial charge is 0.228 e. The first-order valence-electron chi connectivity index (χ1n) is 36.4. The first kappa shape index (κ1) is 62.5. The van der Waals surface area contributed by atoms with Crippen molar-refractivity contribution < 1.29 is 0 Å². The molecule has 6 aromatic heterocycles. The molecule has 0 aliphatic heterocycles. The SMILES string of the molecule is c1ccc(-c2ccc(-c3nc(-c4cccc5c4sc4ccccc45)cc(-c4cccc5c4sc4ccc(-c6ccc7sc8c(-c9cc(-c%10cccc%11c%10sc%10ccccc%10%11)nc(-c%10ccc(-c%11cc%12ccccc%12c%12ccccc%11%12)cc%10-c%10ccccc%10)n9)cccc8c7c6)cc45)n3)c(-c3ccccc3)c2)cc1. The summed E-state index contributed by atoms with van der Waals surface area (Å²) in [4.78, 5) is 22.7. The molecule has 0 N–H and O–H groups in total. The highest BCUT2D eigenvalue weighted by molar-refractivity contribution is 7.27. The van der Waals surface area contributed by atoms with Crippen LogP contribution in [-0.4, -0.2) is 19.9 Å². The van der Waals surface area contributed by atoms with Gasteiger partial charge in [0.1, 0.15) is 0 Å². The topological polar surface area (TPSA) is 51.6 Å². The quantitative estimate of drug-likeness (QED) is 0.121. The van der Waals surface area contributed by atoms with Crippen molar-refractivity contribution >= 4 is 148 Å². The number of aromatic nitrogens is 4. The van der Waals surface area contributed by atoms with Crippen LogP contribution in [-0.2, 0) is 0 Å². The summed E-state index contributed by atoms with van der Waals surface area (Å²) in [6, 6.07) is 128. The molecule has 502 valence electrons. The lowest BCUT2D eigenvalue weighted by Crippen LogP contribution is -1.98. The first-order valence-corrected chi connectivity index (χ1v) is 39.6. The molecule has 6 heterocycles. The number of nitrogens with zero attached hydrogens (tertiary/aromatic N) is 4. The van der Waals surface area contributed by atoms with E-state index in [1.807, 2.05) is 45.3 Å². The van der Waals surface area contributed by atoms with Gasteiger partial charge in [-0.1, -0.05) is 273 Å². The van der Waals surface area contributed by atoms with E-state index >= 15 is 0 Å². The molecule has 16 aromatic carbocycles. The number of hydrogen-bond acceptors (Lipinski definition) is 8. The van der Waals surface area contributed by atoms with Gasteiger partial charge in [-0.25, -0.2) is 19.9 Å². The zero-order valence-corrected chi connectivity index (χ0v) is 61.2. The van der Waals surface area contributed by atoms with Crippen LogP contribution in [0.3, 0.4) is 0 Å². The fourth-order valence-corrected chi connectivity index (χ4v) is 21.3. The van der Waals surface area contributed by atoms with Crippen molar-refractivity contribution in [3.05, 3.63) is 352 Å². The van der Waals surface area contributed by atoms with Crippen molar-refractivity contribution in [2.24, 2.45) is 0 Å². The summed E-state index contributed by atoms with van der Waals surface area (Å²) in [5.74, 6) is 1.36. The Hall–Kier alpha value is -12.9. The number of thiophene rings is 4. The molecular formula is C100H58N4S4. The van der Waals surface area contributed by atoms with Crippen LogP contribution in [0.5, 0.6) is 0 Å². The van der Waals surface area contributed by atoms with Gasteiger partial charge in [-0.3, -0.25) is 0 Å². The summed E-state index contributed by atoms with van der Waals surface area (Å²) < 4.78 is 9.75. The lowest BCUT2D eigenvalue weighted by Gasteiger charge is -2.16. The fourth-order valence-electron chi connectivity index (χ4n) is 16.4. The van der Waals surface area contributed by atoms with Gasteiger partial charge in [0.2, 0.25) is 0 Å². The number of fused-ring (bicyclic) bond motifs is 15. The minimum Gasteiger partial charge on any atom is -0.228 e. The minimum absolute atomic E-state index is 0.674. The van der Waals surface area contributed by atoms with E-state index in [9.17, 15) is 0 Å². The highest BCUT2D eigenvalue weighted by Crippen LogP contribution is 2.50. The van der Waals surface area contributed by atoms with E-state index in [0.29, 0.717) is 11.6 Å². The van der Waals surface area contributed by atoms with E-state index in [2.05, 4.69) is 352 Å². The van der Waals surface area contributed by atoms with Crippen molar-refractivity contribution in [3.8, 4) is 123 Å². The second-order valence-corrected chi connectivity index (χ2v) is 32.0. The Bertz CT molecular complexity index is 7430. The summed E-state index contributed by atoms with van der Waals surface area (Å²) in [6.45, 7) is 0. The van der Waals surface area contributed by atoms with Gasteiger partial charge in [0.15, 0.2) is 11.6 Å². The third kappa shape index (κ3) is 10.4. The van der Waals surface area contributed by atoms with Gasteiger partial charge in [0.25, 0.3) is 0 Å². The number of rotatable bonds is 11. The lowest BCUT2D eigenvalue weighted by molar-refractivity contribution is 1.19. The normalized spacial score (nSPS) is 11.9. The maximum Gasteiger partial charge on any atom is 0.161 e. The molecule has 108 heavy (non-hydrogen) atoms. The molecule has 22 rings (SSSR count). The smallest absolute Gasteiger partial charge is 0.161 e. The van der Waals surface area contributed by atoms with E-state index in [1.54, 1.807) is 0 Å². The summed E-state index contributed by atoms with van der Waals surface area (Å²) in [7, 11) is 0. The Labute approximate surface area is 637 Å². The van der Waals surface area contributed by atoms with Crippen LogP contribution >= 0.6 is 45.3 Å². The van der Waals surface area contributed by atoms with Crippen LogP contribution < -0.4 is 0 Å². The maximum absolute atomic E-state index is 5.74. The molecule has 22 aromatic rings. The van der Waals surface area contributed by atoms with E-state index in [1.165, 1.54) is 108 Å². The molecule has 0 bridgehead atoms. The van der Waals surface area contributed by atoms with Gasteiger partial charge >= 0.3 is 0 Å². The summed E-state index contributed by atoms with van der Waals surface area (Å²) >= 11 is 7.33. The molecule has 0 saturated carbocycles. The first-order chi connectivity index (χ1) is 53.5. The summed E-state index contributed by atoms with van der Waals surface area (Å²) in [6.07, 6.45) is 0. The maximum atomic E-state index is 5.74. The van der Waals surface area contributed by atoms with Crippen LogP contribution in [0.4, 0.5) is 0 Å². The summed E-state index contributed by atoms with van der Waals surface area (Å²) in [5, 5.41) is 14.7. The standard InChI is InChI=1S/C100H58N4S4/c1-4-22-59(23-5-1)62-44-48-76(82(52-62)60-24-6-2-7-25-60)99-101-87(78-38-18-34-72-70-32-14-16-42-91(70)105-95(72)78)57-89(103-99)80-40-20-36-74-85-53-63(46-50-93(85)107-97(74)80)64-47-51-94-86(54-64)75-37-21-41-81(98(75)108-94)90-58-88(79-39-19-35-73-71-33-15-17-43-92(71)106-96(73)79)102-100(104-90)77-49-45-66(56-83(77)61-26-8-3-9-27-61)84-55-65-28-10-11-29-67(65)68-30-12-13-31-69(68)84/h1-58H. The van der Waals surface area contributed by atoms with Crippen molar-refractivity contribution in [1.82, 2.24) is 19.9 Å². The van der Waals surface area contributed by atoms with Gasteiger partial charge in [0.05, 0.1) is 22.8 Å². The van der Waals surface area contributed by atoms with Gasteiger partial charge in [0, 0.05) is 114 Å². The average molecular weight is 1440 g/mol. The van der Waals surface area contributed by atoms with Gasteiger partial charge < -0.3 is 0 Å². The zero-order chi connectivity index (χ0) is 70.9. The molecule has 8 heteroatoms. The van der Waals surface area contributed by atoms with E-state index in [4.69, 9.17) is 19.9 Å². The second kappa shape index (κ2) is 25.4. The minimum atomic E-state index is 0.674. The molecule has 0 saturated heterocycles. The Morgan fingerprint density at radius 2 is 0.491 bits per heavy atom. The van der Waals surface area contributed by atoms with Crippen LogP contribution in [0.25, 0.3) is 226 Å². The van der Waals surface area contributed by atoms with Crippen LogP contribution in [0, 0.1) is 0 Å². The third-order valence-electron chi connectivity index (χ3n) is 21.6. The molecule has 4 nitrogen and oxygen atoms in total. The Kier molecular flexibility index (Phi) is 14.7. The van der Waals surface area contributed by atoms with E-state index in [0.717, 1.165) is 106 Å². The second-order valence-electron chi connectivity index (χ2n) is 27.8. The zero-order valence-electron chi connectivity index (χ0n) is 57.9. The van der Waals surface area contributed by atoms with Gasteiger partial charge in [-0.05, 0) is 156 Å². The third-order valence-corrected chi connectivity index (χ3v) is 26.4. The monoisotopic (exact) mass is 1440 g/mol. The molecule has 0 aliphatic rings. The van der Waals surface area contributed by atoms with Crippen LogP contribution in [0.2, 0.25) is 0 Å². The van der Waals surface area contributed by atoms with Gasteiger partial charge in [-0.2, -0.15) is 0 Å². The predicted octanol–water partition coefficient (Wildman–Crippen LogP) is 29.4. The molecule has 0 fully saturated rings. The number of benzene rings is 16. The lowest BCUT2D eigenvalue weighted by atomic mass is 9.90. The molecule has 0 unspecified atom stereocenters. The van der Waals surface area contributed by atoms with E-state index < -0.39 is 0 Å². The Balaban J connectivity index is 0.678. The number of hydrogen-bond donors (Lipinski definition) is 0. The Morgan fingerprint density at radius 3 is 0.954 bits per heavy atom. The highest BCUT2D eigenvalue weighted by atomic mass is 32.1. The van der Waals surface area contributed by atoms with E-state index in [-0.39, 0.29) is 0 Å². The highest BCUT2D eigenvalue weighted by Gasteiger charge is 2.25. The van der Waals surface area contributed by atoms with Gasteiger partial charge in [-0.15, -0.1) is 45.3 Å². The van der Waals surface area contributed by atoms with Crippen molar-refractivity contribution in [3.63, 3.8) is 0 Å². The Morgan fingerprint density at radius 1 is 0.157 bits per heavy atom. The molecule has 0 atom stereocenters. The molecular weight excluding hydrogens is 1390 g/mol.